The van der Waals surface area contributed by atoms with Gasteiger partial charge in [0.1, 0.15) is 5.75 Å². The lowest BCUT2D eigenvalue weighted by molar-refractivity contribution is -0.144. The topological polar surface area (TPSA) is 79.3 Å². The molecular weight excluding hydrogens is 552 g/mol. The number of benzene rings is 2. The summed E-state index contributed by atoms with van der Waals surface area (Å²) >= 11 is 0. The summed E-state index contributed by atoms with van der Waals surface area (Å²) in [6, 6.07) is 17.8. The number of piperidine rings is 1. The van der Waals surface area contributed by atoms with Crippen LogP contribution in [0.15, 0.2) is 71.3 Å². The minimum Gasteiger partial charge on any atom is -0.508 e. The first-order valence-corrected chi connectivity index (χ1v) is 16.4. The van der Waals surface area contributed by atoms with Gasteiger partial charge >= 0.3 is 0 Å². The fourth-order valence-electron chi connectivity index (χ4n) is 8.05. The fourth-order valence-corrected chi connectivity index (χ4v) is 8.05. The van der Waals surface area contributed by atoms with Crippen molar-refractivity contribution in [1.82, 2.24) is 9.80 Å². The number of nitrogens with zero attached hydrogens (tertiary/aromatic N) is 2. The van der Waals surface area contributed by atoms with Crippen LogP contribution in [0, 0.1) is 17.8 Å². The van der Waals surface area contributed by atoms with Crippen LogP contribution in [0.4, 0.5) is 0 Å². The van der Waals surface area contributed by atoms with Crippen LogP contribution in [0.3, 0.4) is 0 Å². The number of fused-ring (bicyclic) bond motifs is 3. The predicted molar refractivity (Wildman–Crippen MR) is 171 cm³/mol. The molecule has 3 saturated heterocycles. The molecule has 0 unspecified atom stereocenters. The van der Waals surface area contributed by atoms with Crippen molar-refractivity contribution in [1.29, 1.82) is 0 Å². The second-order valence-electron chi connectivity index (χ2n) is 13.0. The van der Waals surface area contributed by atoms with Crippen LogP contribution >= 0.6 is 0 Å². The van der Waals surface area contributed by atoms with Gasteiger partial charge in [-0.1, -0.05) is 67.5 Å². The number of phenols is 1. The number of amides is 2. The molecule has 2 aromatic rings. The summed E-state index contributed by atoms with van der Waals surface area (Å²) in [6.07, 6.45) is 8.18. The van der Waals surface area contributed by atoms with Crippen LogP contribution in [0.5, 0.6) is 5.75 Å². The van der Waals surface area contributed by atoms with Crippen LogP contribution < -0.4 is 0 Å². The van der Waals surface area contributed by atoms with E-state index in [-0.39, 0.29) is 47.5 Å². The molecule has 0 saturated carbocycles. The molecule has 234 valence electrons. The molecule has 0 aromatic heterocycles. The number of likely N-dealkylation sites (tertiary alicyclic amines) is 2. The SMILES string of the molecule is CCC/C(=C\c1ccc(O)cc1)CC[C@H]1OC[C@H]2C1=C(COC)C[C@H]1C(=O)N(C3CCN(Cc4ccccc4)CC3)C(=O)[C@H]12. The maximum Gasteiger partial charge on any atom is 0.234 e. The molecule has 44 heavy (non-hydrogen) atoms. The van der Waals surface area contributed by atoms with E-state index >= 15 is 0 Å². The smallest absolute Gasteiger partial charge is 0.234 e. The average Bonchev–Trinajstić information content (AvgIpc) is 3.56. The highest BCUT2D eigenvalue weighted by Crippen LogP contribution is 2.50. The van der Waals surface area contributed by atoms with Crippen molar-refractivity contribution >= 4 is 17.9 Å². The Morgan fingerprint density at radius 1 is 1.00 bits per heavy atom. The molecule has 3 fully saturated rings. The van der Waals surface area contributed by atoms with E-state index in [1.807, 2.05) is 18.2 Å². The van der Waals surface area contributed by atoms with Crippen molar-refractivity contribution in [2.24, 2.45) is 17.8 Å². The molecule has 3 heterocycles. The molecule has 4 aliphatic rings. The number of rotatable bonds is 11. The molecule has 0 radical (unpaired) electrons. The highest BCUT2D eigenvalue weighted by Gasteiger charge is 2.58. The van der Waals surface area contributed by atoms with Gasteiger partial charge in [-0.2, -0.15) is 0 Å². The Kier molecular flexibility index (Phi) is 9.65. The predicted octanol–water partition coefficient (Wildman–Crippen LogP) is 5.98. The van der Waals surface area contributed by atoms with Crippen molar-refractivity contribution in [3.63, 3.8) is 0 Å². The lowest BCUT2D eigenvalue weighted by atomic mass is 9.69. The number of phenolic OH excluding ortho intramolecular Hbond substituents is 1. The lowest BCUT2D eigenvalue weighted by Crippen LogP contribution is -2.47. The Hall–Kier alpha value is -3.26. The molecular formula is C37H46N2O5. The minimum absolute atomic E-state index is 0.0136. The number of ether oxygens (including phenoxy) is 2. The molecule has 4 atom stereocenters. The van der Waals surface area contributed by atoms with Crippen LogP contribution in [-0.2, 0) is 25.6 Å². The Balaban J connectivity index is 1.14. The number of imide groups is 1. The zero-order valence-electron chi connectivity index (χ0n) is 26.1. The number of carbonyl (C=O) groups is 2. The first-order chi connectivity index (χ1) is 21.5. The molecule has 6 rings (SSSR count). The van der Waals surface area contributed by atoms with Crippen molar-refractivity contribution < 1.29 is 24.2 Å². The van der Waals surface area contributed by atoms with E-state index in [0.29, 0.717) is 19.6 Å². The van der Waals surface area contributed by atoms with Gasteiger partial charge in [0.15, 0.2) is 0 Å². The molecule has 3 aliphatic heterocycles. The fraction of sp³-hybridized carbons (Fsp3) is 0.514. The number of aromatic hydroxyl groups is 1. The monoisotopic (exact) mass is 598 g/mol. The van der Waals surface area contributed by atoms with E-state index in [9.17, 15) is 14.7 Å². The summed E-state index contributed by atoms with van der Waals surface area (Å²) in [5, 5.41) is 9.67. The highest BCUT2D eigenvalue weighted by atomic mass is 16.5. The van der Waals surface area contributed by atoms with Gasteiger partial charge in [-0.15, -0.1) is 0 Å². The molecule has 0 spiro atoms. The summed E-state index contributed by atoms with van der Waals surface area (Å²) < 4.78 is 12.1. The normalized spacial score (nSPS) is 26.4. The molecule has 1 N–H and O–H groups in total. The zero-order valence-corrected chi connectivity index (χ0v) is 26.1. The van der Waals surface area contributed by atoms with Gasteiger partial charge < -0.3 is 14.6 Å². The van der Waals surface area contributed by atoms with E-state index in [2.05, 4.69) is 42.2 Å². The largest absolute Gasteiger partial charge is 0.508 e. The van der Waals surface area contributed by atoms with E-state index in [1.165, 1.54) is 16.7 Å². The van der Waals surface area contributed by atoms with E-state index in [1.54, 1.807) is 24.1 Å². The molecule has 2 aromatic carbocycles. The van der Waals surface area contributed by atoms with Crippen molar-refractivity contribution in [2.75, 3.05) is 33.4 Å². The van der Waals surface area contributed by atoms with Crippen LogP contribution in [-0.4, -0.2) is 72.3 Å². The van der Waals surface area contributed by atoms with E-state index in [0.717, 1.165) is 69.3 Å². The number of carbonyl (C=O) groups excluding carboxylic acids is 2. The number of hydrogen-bond acceptors (Lipinski definition) is 6. The molecule has 7 nitrogen and oxygen atoms in total. The van der Waals surface area contributed by atoms with E-state index in [4.69, 9.17) is 9.47 Å². The van der Waals surface area contributed by atoms with Crippen LogP contribution in [0.1, 0.15) is 63.0 Å². The van der Waals surface area contributed by atoms with Gasteiger partial charge in [0.05, 0.1) is 31.2 Å². The first kappa shape index (κ1) is 30.8. The summed E-state index contributed by atoms with van der Waals surface area (Å²) in [4.78, 5) is 32.0. The van der Waals surface area contributed by atoms with Crippen LogP contribution in [0.25, 0.3) is 6.08 Å². The molecule has 2 amide bonds. The molecule has 1 aliphatic carbocycles. The lowest BCUT2D eigenvalue weighted by Gasteiger charge is -2.36. The number of methoxy groups -OCH3 is 1. The third-order valence-corrected chi connectivity index (χ3v) is 10.1. The van der Waals surface area contributed by atoms with Gasteiger partial charge in [-0.3, -0.25) is 19.4 Å². The van der Waals surface area contributed by atoms with Gasteiger partial charge in [0.2, 0.25) is 11.8 Å². The highest BCUT2D eigenvalue weighted by molar-refractivity contribution is 6.06. The van der Waals surface area contributed by atoms with Crippen molar-refractivity contribution in [3.05, 3.63) is 82.4 Å². The van der Waals surface area contributed by atoms with Crippen molar-refractivity contribution in [2.45, 2.75) is 70.6 Å². The summed E-state index contributed by atoms with van der Waals surface area (Å²) in [6.45, 7) is 5.82. The van der Waals surface area contributed by atoms with Crippen molar-refractivity contribution in [3.8, 4) is 5.75 Å². The maximum atomic E-state index is 14.1. The van der Waals surface area contributed by atoms with Gasteiger partial charge in [0, 0.05) is 38.7 Å². The third-order valence-electron chi connectivity index (χ3n) is 10.1. The number of allylic oxidation sites excluding steroid dienone is 1. The summed E-state index contributed by atoms with van der Waals surface area (Å²) in [7, 11) is 1.70. The van der Waals surface area contributed by atoms with Gasteiger partial charge in [-0.25, -0.2) is 0 Å². The molecule has 7 heteroatoms. The molecule has 0 bridgehead atoms. The van der Waals surface area contributed by atoms with Crippen LogP contribution in [0.2, 0.25) is 0 Å². The van der Waals surface area contributed by atoms with Gasteiger partial charge in [-0.05, 0) is 72.9 Å². The third kappa shape index (κ3) is 6.42. The summed E-state index contributed by atoms with van der Waals surface area (Å²) in [5.41, 5.74) is 6.10. The van der Waals surface area contributed by atoms with Gasteiger partial charge in [0.25, 0.3) is 0 Å². The second-order valence-corrected chi connectivity index (χ2v) is 13.0. The minimum atomic E-state index is -0.326. The first-order valence-electron chi connectivity index (χ1n) is 16.4. The Morgan fingerprint density at radius 2 is 1.75 bits per heavy atom. The maximum absolute atomic E-state index is 14.1. The average molecular weight is 599 g/mol. The van der Waals surface area contributed by atoms with E-state index < -0.39 is 0 Å². The zero-order chi connectivity index (χ0) is 30.6. The number of hydrogen-bond donors (Lipinski definition) is 1. The Labute approximate surface area is 261 Å². The Bertz CT molecular complexity index is 1380. The quantitative estimate of drug-likeness (QED) is 0.253. The second kappa shape index (κ2) is 13.8. The summed E-state index contributed by atoms with van der Waals surface area (Å²) in [5.74, 6) is -0.392. The Morgan fingerprint density at radius 3 is 2.45 bits per heavy atom. The standard InChI is InChI=1S/C37H46N2O5/c1-3-7-25(20-26-10-13-30(40)14-11-26)12-15-33-34-28(23-43-2)21-31-35(32(34)24-44-33)37(42)39(36(31)41)29-16-18-38(19-17-29)22-27-8-5-4-6-9-27/h4-6,8-11,13-14,20,29,31-33,35,40H,3,7,12,15-19,21-24H2,1-2H3/b25-20+/t31-,32+,33-,35-/m1/s1.